The van der Waals surface area contributed by atoms with E-state index in [1.54, 1.807) is 0 Å². The fourth-order valence-corrected chi connectivity index (χ4v) is 2.28. The van der Waals surface area contributed by atoms with Crippen molar-refractivity contribution in [1.82, 2.24) is 10.3 Å². The molecule has 1 aromatic rings. The van der Waals surface area contributed by atoms with Crippen molar-refractivity contribution in [1.29, 1.82) is 0 Å². The third kappa shape index (κ3) is 2.13. The van der Waals surface area contributed by atoms with Crippen molar-refractivity contribution >= 4 is 0 Å². The number of aromatic nitrogens is 1. The topological polar surface area (TPSA) is 24.9 Å². The minimum atomic E-state index is 0.277. The van der Waals surface area contributed by atoms with E-state index < -0.39 is 0 Å². The highest BCUT2D eigenvalue weighted by molar-refractivity contribution is 5.16. The first kappa shape index (κ1) is 9.66. The molecule has 14 heavy (non-hydrogen) atoms. The van der Waals surface area contributed by atoms with Crippen molar-refractivity contribution in [2.24, 2.45) is 0 Å². The van der Waals surface area contributed by atoms with Crippen LogP contribution in [0.5, 0.6) is 0 Å². The smallest absolute Gasteiger partial charge is 0.0302 e. The molecule has 2 rings (SSSR count). The summed E-state index contributed by atoms with van der Waals surface area (Å²) in [6.07, 6.45) is 6.29. The second-order valence-electron chi connectivity index (χ2n) is 4.79. The van der Waals surface area contributed by atoms with Gasteiger partial charge in [-0.15, -0.1) is 0 Å². The van der Waals surface area contributed by atoms with Crippen LogP contribution in [-0.2, 0) is 0 Å². The molecule has 1 unspecified atom stereocenters. The predicted octanol–water partition coefficient (Wildman–Crippen LogP) is 2.33. The Labute approximate surface area is 85.7 Å². The van der Waals surface area contributed by atoms with Crippen LogP contribution >= 0.6 is 0 Å². The average molecular weight is 190 g/mol. The molecule has 1 N–H and O–H groups in total. The summed E-state index contributed by atoms with van der Waals surface area (Å²) in [5, 5.41) is 3.54. The van der Waals surface area contributed by atoms with Gasteiger partial charge in [-0.2, -0.15) is 0 Å². The SMILES string of the molecule is CC1(C)CC(c2cccnc2)CCN1. The van der Waals surface area contributed by atoms with E-state index in [2.05, 4.69) is 30.2 Å². The van der Waals surface area contributed by atoms with Gasteiger partial charge in [0.15, 0.2) is 0 Å². The maximum absolute atomic E-state index is 4.19. The van der Waals surface area contributed by atoms with Crippen LogP contribution in [0.1, 0.15) is 38.2 Å². The van der Waals surface area contributed by atoms with E-state index >= 15 is 0 Å². The van der Waals surface area contributed by atoms with Gasteiger partial charge < -0.3 is 5.32 Å². The van der Waals surface area contributed by atoms with E-state index in [1.165, 1.54) is 18.4 Å². The van der Waals surface area contributed by atoms with Crippen LogP contribution in [0.3, 0.4) is 0 Å². The van der Waals surface area contributed by atoms with Crippen molar-refractivity contribution in [3.8, 4) is 0 Å². The lowest BCUT2D eigenvalue weighted by Crippen LogP contribution is -2.45. The zero-order valence-electron chi connectivity index (χ0n) is 8.96. The Morgan fingerprint density at radius 3 is 3.00 bits per heavy atom. The number of piperidine rings is 1. The molecule has 1 saturated heterocycles. The number of hydrogen-bond acceptors (Lipinski definition) is 2. The Hall–Kier alpha value is -0.890. The van der Waals surface area contributed by atoms with Gasteiger partial charge in [0.05, 0.1) is 0 Å². The van der Waals surface area contributed by atoms with Crippen LogP contribution < -0.4 is 5.32 Å². The highest BCUT2D eigenvalue weighted by Gasteiger charge is 2.28. The lowest BCUT2D eigenvalue weighted by Gasteiger charge is -2.36. The minimum absolute atomic E-state index is 0.277. The molecule has 0 aliphatic carbocycles. The van der Waals surface area contributed by atoms with E-state index in [9.17, 15) is 0 Å². The molecule has 1 atom stereocenters. The molecule has 1 aliphatic heterocycles. The highest BCUT2D eigenvalue weighted by atomic mass is 15.0. The summed E-state index contributed by atoms with van der Waals surface area (Å²) >= 11 is 0. The average Bonchev–Trinajstić information content (AvgIpc) is 2.18. The van der Waals surface area contributed by atoms with Crippen molar-refractivity contribution in [3.05, 3.63) is 30.1 Å². The highest BCUT2D eigenvalue weighted by Crippen LogP contribution is 2.31. The number of hydrogen-bond donors (Lipinski definition) is 1. The largest absolute Gasteiger partial charge is 0.312 e. The lowest BCUT2D eigenvalue weighted by molar-refractivity contribution is 0.275. The third-order valence-electron chi connectivity index (χ3n) is 3.01. The third-order valence-corrected chi connectivity index (χ3v) is 3.01. The van der Waals surface area contributed by atoms with Crippen LogP contribution in [0.4, 0.5) is 0 Å². The van der Waals surface area contributed by atoms with Gasteiger partial charge in [0.1, 0.15) is 0 Å². The Kier molecular flexibility index (Phi) is 2.55. The zero-order valence-corrected chi connectivity index (χ0v) is 8.96. The monoisotopic (exact) mass is 190 g/mol. The number of nitrogens with zero attached hydrogens (tertiary/aromatic N) is 1. The van der Waals surface area contributed by atoms with E-state index in [-0.39, 0.29) is 5.54 Å². The molecule has 1 aliphatic rings. The van der Waals surface area contributed by atoms with E-state index in [0.717, 1.165) is 6.54 Å². The van der Waals surface area contributed by atoms with Crippen LogP contribution in [0, 0.1) is 0 Å². The standard InChI is InChI=1S/C12H18N2/c1-12(2)8-10(5-7-14-12)11-4-3-6-13-9-11/h3-4,6,9-10,14H,5,7-8H2,1-2H3. The van der Waals surface area contributed by atoms with Gasteiger partial charge in [-0.1, -0.05) is 6.07 Å². The molecule has 1 fully saturated rings. The van der Waals surface area contributed by atoms with Crippen molar-refractivity contribution < 1.29 is 0 Å². The molecule has 0 bridgehead atoms. The van der Waals surface area contributed by atoms with Gasteiger partial charge in [-0.25, -0.2) is 0 Å². The Balaban J connectivity index is 2.12. The molecule has 1 aromatic heterocycles. The molecule has 76 valence electrons. The summed E-state index contributed by atoms with van der Waals surface area (Å²) in [7, 11) is 0. The fourth-order valence-electron chi connectivity index (χ4n) is 2.28. The molecule has 0 saturated carbocycles. The fraction of sp³-hybridized carbons (Fsp3) is 0.583. The van der Waals surface area contributed by atoms with E-state index in [1.807, 2.05) is 18.5 Å². The molecular formula is C12H18N2. The summed E-state index contributed by atoms with van der Waals surface area (Å²) in [6, 6.07) is 4.23. The van der Waals surface area contributed by atoms with Crippen LogP contribution in [0.25, 0.3) is 0 Å². The Morgan fingerprint density at radius 1 is 1.50 bits per heavy atom. The van der Waals surface area contributed by atoms with Crippen molar-refractivity contribution in [2.75, 3.05) is 6.54 Å². The van der Waals surface area contributed by atoms with E-state index in [4.69, 9.17) is 0 Å². The van der Waals surface area contributed by atoms with Gasteiger partial charge in [-0.3, -0.25) is 4.98 Å². The first-order valence-corrected chi connectivity index (χ1v) is 5.32. The van der Waals surface area contributed by atoms with Gasteiger partial charge in [0, 0.05) is 17.9 Å². The van der Waals surface area contributed by atoms with Crippen molar-refractivity contribution in [3.63, 3.8) is 0 Å². The van der Waals surface area contributed by atoms with Crippen LogP contribution in [0.15, 0.2) is 24.5 Å². The molecule has 0 aromatic carbocycles. The summed E-state index contributed by atoms with van der Waals surface area (Å²) in [5.74, 6) is 0.681. The maximum atomic E-state index is 4.19. The molecule has 0 amide bonds. The molecular weight excluding hydrogens is 172 g/mol. The van der Waals surface area contributed by atoms with Gasteiger partial charge >= 0.3 is 0 Å². The quantitative estimate of drug-likeness (QED) is 0.735. The summed E-state index contributed by atoms with van der Waals surface area (Å²) in [5.41, 5.74) is 1.67. The molecule has 0 spiro atoms. The van der Waals surface area contributed by atoms with E-state index in [0.29, 0.717) is 5.92 Å². The lowest BCUT2D eigenvalue weighted by atomic mass is 9.81. The van der Waals surface area contributed by atoms with Crippen LogP contribution in [-0.4, -0.2) is 17.1 Å². The van der Waals surface area contributed by atoms with Gasteiger partial charge in [0.2, 0.25) is 0 Å². The van der Waals surface area contributed by atoms with Gasteiger partial charge in [0.25, 0.3) is 0 Å². The first-order valence-electron chi connectivity index (χ1n) is 5.32. The second kappa shape index (κ2) is 3.70. The molecule has 0 radical (unpaired) electrons. The Morgan fingerprint density at radius 2 is 2.36 bits per heavy atom. The van der Waals surface area contributed by atoms with Gasteiger partial charge in [-0.05, 0) is 50.8 Å². The predicted molar refractivity (Wildman–Crippen MR) is 58.3 cm³/mol. The van der Waals surface area contributed by atoms with Crippen LogP contribution in [0.2, 0.25) is 0 Å². The summed E-state index contributed by atoms with van der Waals surface area (Å²) < 4.78 is 0. The van der Waals surface area contributed by atoms with Crippen molar-refractivity contribution in [2.45, 2.75) is 38.1 Å². The summed E-state index contributed by atoms with van der Waals surface area (Å²) in [4.78, 5) is 4.19. The second-order valence-corrected chi connectivity index (χ2v) is 4.79. The molecule has 2 heterocycles. The Bertz CT molecular complexity index is 292. The first-order chi connectivity index (χ1) is 6.67. The normalized spacial score (nSPS) is 26.0. The molecule has 2 heteroatoms. The minimum Gasteiger partial charge on any atom is -0.312 e. The molecule has 2 nitrogen and oxygen atoms in total. The maximum Gasteiger partial charge on any atom is 0.0302 e. The number of pyridine rings is 1. The summed E-state index contributed by atoms with van der Waals surface area (Å²) in [6.45, 7) is 5.66. The number of nitrogens with one attached hydrogen (secondary N) is 1. The zero-order chi connectivity index (χ0) is 10.0. The number of rotatable bonds is 1.